The first kappa shape index (κ1) is 27.3. The highest BCUT2D eigenvalue weighted by Gasteiger charge is 2.49. The molecule has 2 unspecified atom stereocenters. The number of epoxide rings is 1. The van der Waals surface area contributed by atoms with Gasteiger partial charge in [0.15, 0.2) is 34.9 Å². The number of ether oxygens (including phenoxy) is 3. The van der Waals surface area contributed by atoms with Crippen LogP contribution in [-0.4, -0.2) is 37.7 Å². The Hall–Kier alpha value is -4.85. The first-order valence-corrected chi connectivity index (χ1v) is 12.8. The van der Waals surface area contributed by atoms with Crippen LogP contribution in [0.4, 0.5) is 23.2 Å². The maximum Gasteiger partial charge on any atom is 0.433 e. The zero-order valence-corrected chi connectivity index (χ0v) is 22.4. The minimum absolute atomic E-state index is 0.122. The number of rotatable bonds is 8. The molecule has 5 aromatic rings. The van der Waals surface area contributed by atoms with E-state index in [2.05, 4.69) is 20.4 Å². The Balaban J connectivity index is 1.23. The summed E-state index contributed by atoms with van der Waals surface area (Å²) in [6.07, 6.45) is -4.04. The van der Waals surface area contributed by atoms with Gasteiger partial charge in [0, 0.05) is 35.6 Å². The summed E-state index contributed by atoms with van der Waals surface area (Å²) in [4.78, 5) is 19.2. The van der Waals surface area contributed by atoms with Gasteiger partial charge in [0.2, 0.25) is 0 Å². The third kappa shape index (κ3) is 4.83. The number of pyridine rings is 1. The lowest BCUT2D eigenvalue weighted by Gasteiger charge is -2.14. The van der Waals surface area contributed by atoms with Gasteiger partial charge >= 0.3 is 11.9 Å². The second-order valence-electron chi connectivity index (χ2n) is 9.80. The molecule has 4 heterocycles. The van der Waals surface area contributed by atoms with Crippen molar-refractivity contribution in [2.45, 2.75) is 38.4 Å². The molecule has 218 valence electrons. The molecular formula is C28H24F4N6O4. The molecule has 42 heavy (non-hydrogen) atoms. The van der Waals surface area contributed by atoms with Crippen molar-refractivity contribution in [3.63, 3.8) is 0 Å². The maximum atomic E-state index is 15.1. The number of imidazole rings is 1. The fraction of sp³-hybridized carbons (Fsp3) is 0.250. The monoisotopic (exact) mass is 584 g/mol. The SMILES string of the molecule is COc1ccccc1-n1ncc(C2OC2Nc2ccc(Oc3ccnc4[nH]c(=O)n(C(C)C)c34)c(F)c2)c1C(F)(F)F. The van der Waals surface area contributed by atoms with Gasteiger partial charge in [0.1, 0.15) is 23.1 Å². The molecule has 0 amide bonds. The second-order valence-corrected chi connectivity index (χ2v) is 9.80. The van der Waals surface area contributed by atoms with Crippen LogP contribution in [0, 0.1) is 5.82 Å². The molecular weight excluding hydrogens is 560 g/mol. The number of aromatic nitrogens is 5. The Morgan fingerprint density at radius 2 is 1.88 bits per heavy atom. The van der Waals surface area contributed by atoms with Crippen molar-refractivity contribution in [1.82, 2.24) is 24.3 Å². The average molecular weight is 585 g/mol. The molecule has 14 heteroatoms. The Morgan fingerprint density at radius 3 is 2.60 bits per heavy atom. The normalized spacial score (nSPS) is 16.7. The van der Waals surface area contributed by atoms with Gasteiger partial charge in [0.25, 0.3) is 0 Å². The van der Waals surface area contributed by atoms with Gasteiger partial charge < -0.3 is 19.5 Å². The van der Waals surface area contributed by atoms with Gasteiger partial charge in [-0.3, -0.25) is 9.55 Å². The summed E-state index contributed by atoms with van der Waals surface area (Å²) in [5.74, 6) is -0.416. The van der Waals surface area contributed by atoms with E-state index in [9.17, 15) is 18.0 Å². The summed E-state index contributed by atoms with van der Waals surface area (Å²) in [6.45, 7) is 3.64. The van der Waals surface area contributed by atoms with Gasteiger partial charge in [-0.15, -0.1) is 0 Å². The van der Waals surface area contributed by atoms with Crippen LogP contribution in [0.3, 0.4) is 0 Å². The largest absolute Gasteiger partial charge is 0.494 e. The summed E-state index contributed by atoms with van der Waals surface area (Å²) in [5.41, 5.74) is -0.460. The van der Waals surface area contributed by atoms with Crippen LogP contribution in [0.2, 0.25) is 0 Å². The number of methoxy groups -OCH3 is 1. The highest BCUT2D eigenvalue weighted by Crippen LogP contribution is 2.46. The van der Waals surface area contributed by atoms with Gasteiger partial charge in [-0.1, -0.05) is 12.1 Å². The number of halogens is 4. The highest BCUT2D eigenvalue weighted by molar-refractivity contribution is 5.78. The molecule has 1 aliphatic rings. The van der Waals surface area contributed by atoms with Crippen LogP contribution >= 0.6 is 0 Å². The zero-order chi connectivity index (χ0) is 29.8. The number of aromatic amines is 1. The van der Waals surface area contributed by atoms with Crippen LogP contribution in [-0.2, 0) is 10.9 Å². The molecule has 1 aliphatic heterocycles. The van der Waals surface area contributed by atoms with Crippen LogP contribution < -0.4 is 20.5 Å². The van der Waals surface area contributed by atoms with Gasteiger partial charge in [-0.05, 0) is 38.1 Å². The number of hydrogen-bond acceptors (Lipinski definition) is 7. The molecule has 0 spiro atoms. The predicted octanol–water partition coefficient (Wildman–Crippen LogP) is 5.96. The molecule has 0 bridgehead atoms. The lowest BCUT2D eigenvalue weighted by molar-refractivity contribution is -0.143. The quantitative estimate of drug-likeness (QED) is 0.171. The van der Waals surface area contributed by atoms with E-state index in [1.165, 1.54) is 48.2 Å². The zero-order valence-electron chi connectivity index (χ0n) is 22.4. The summed E-state index contributed by atoms with van der Waals surface area (Å²) >= 11 is 0. The van der Waals surface area contributed by atoms with Gasteiger partial charge in [0.05, 0.1) is 13.3 Å². The van der Waals surface area contributed by atoms with Crippen molar-refractivity contribution >= 4 is 16.9 Å². The average Bonchev–Trinajstić information content (AvgIpc) is 3.38. The topological polar surface area (TPSA) is 112 Å². The van der Waals surface area contributed by atoms with Crippen molar-refractivity contribution < 1.29 is 31.8 Å². The van der Waals surface area contributed by atoms with Crippen molar-refractivity contribution in [3.8, 4) is 22.9 Å². The third-order valence-electron chi connectivity index (χ3n) is 6.73. The van der Waals surface area contributed by atoms with Gasteiger partial charge in [-0.25, -0.2) is 18.9 Å². The molecule has 1 fully saturated rings. The Morgan fingerprint density at radius 1 is 1.10 bits per heavy atom. The van der Waals surface area contributed by atoms with E-state index < -0.39 is 30.0 Å². The van der Waals surface area contributed by atoms with E-state index in [0.29, 0.717) is 11.2 Å². The number of hydrogen-bond donors (Lipinski definition) is 2. The Labute approximate surface area is 235 Å². The molecule has 2 aromatic carbocycles. The summed E-state index contributed by atoms with van der Waals surface area (Å²) in [5, 5.41) is 6.87. The standard InChI is InChI=1S/C28H24F4N6O4/c1-14(2)37-22-21(10-11-33-25(22)36-27(37)39)41-19-9-8-15(12-17(19)29)35-26-23(42-26)16-13-34-38(24(16)28(30,31)32)18-6-4-5-7-20(18)40-3/h4-14,23,26,35H,1-3H3,(H,33,36,39). The molecule has 10 nitrogen and oxygen atoms in total. The van der Waals surface area contributed by atoms with E-state index >= 15 is 4.39 Å². The fourth-order valence-corrected chi connectivity index (χ4v) is 4.85. The number of fused-ring (bicyclic) bond motifs is 1. The third-order valence-corrected chi connectivity index (χ3v) is 6.73. The number of para-hydroxylation sites is 2. The predicted molar refractivity (Wildman–Crippen MR) is 144 cm³/mol. The number of H-pyrrole nitrogens is 1. The summed E-state index contributed by atoms with van der Waals surface area (Å²) in [6, 6.07) is 11.6. The maximum absolute atomic E-state index is 15.1. The number of nitrogens with one attached hydrogen (secondary N) is 2. The van der Waals surface area contributed by atoms with Crippen LogP contribution in [0.25, 0.3) is 16.9 Å². The molecule has 3 aromatic heterocycles. The van der Waals surface area contributed by atoms with E-state index in [0.717, 1.165) is 16.9 Å². The minimum atomic E-state index is -4.74. The molecule has 2 atom stereocenters. The Kier molecular flexibility index (Phi) is 6.64. The van der Waals surface area contributed by atoms with E-state index in [-0.39, 0.29) is 45.9 Å². The van der Waals surface area contributed by atoms with Crippen molar-refractivity contribution in [1.29, 1.82) is 0 Å². The first-order valence-electron chi connectivity index (χ1n) is 12.8. The summed E-state index contributed by atoms with van der Waals surface area (Å²) < 4.78 is 76.4. The highest BCUT2D eigenvalue weighted by atomic mass is 19.4. The van der Waals surface area contributed by atoms with E-state index in [1.54, 1.807) is 12.1 Å². The van der Waals surface area contributed by atoms with E-state index in [4.69, 9.17) is 14.2 Å². The number of anilines is 1. The summed E-state index contributed by atoms with van der Waals surface area (Å²) in [7, 11) is 1.36. The molecule has 2 N–H and O–H groups in total. The molecule has 6 rings (SSSR count). The van der Waals surface area contributed by atoms with Crippen molar-refractivity contribution in [2.75, 3.05) is 12.4 Å². The van der Waals surface area contributed by atoms with Gasteiger partial charge in [-0.2, -0.15) is 18.3 Å². The van der Waals surface area contributed by atoms with Crippen LogP contribution in [0.15, 0.2) is 65.7 Å². The van der Waals surface area contributed by atoms with Crippen LogP contribution in [0.5, 0.6) is 17.2 Å². The smallest absolute Gasteiger partial charge is 0.433 e. The fourth-order valence-electron chi connectivity index (χ4n) is 4.85. The lowest BCUT2D eigenvalue weighted by Crippen LogP contribution is -2.18. The molecule has 0 aliphatic carbocycles. The molecule has 0 saturated carbocycles. The minimum Gasteiger partial charge on any atom is -0.494 e. The van der Waals surface area contributed by atoms with E-state index in [1.807, 2.05) is 13.8 Å². The molecule has 1 saturated heterocycles. The Bertz CT molecular complexity index is 1840. The van der Waals surface area contributed by atoms with Crippen LogP contribution in [0.1, 0.15) is 37.3 Å². The number of nitrogens with zero attached hydrogens (tertiary/aromatic N) is 4. The number of alkyl halides is 3. The first-order chi connectivity index (χ1) is 20.1. The number of benzene rings is 2. The lowest BCUT2D eigenvalue weighted by atomic mass is 10.1. The van der Waals surface area contributed by atoms with Crippen molar-refractivity contribution in [3.05, 3.63) is 88.5 Å². The van der Waals surface area contributed by atoms with Crippen molar-refractivity contribution in [2.24, 2.45) is 0 Å². The second kappa shape index (κ2) is 10.2. The molecule has 0 radical (unpaired) electrons.